The van der Waals surface area contributed by atoms with E-state index in [1.807, 2.05) is 6.07 Å². The lowest BCUT2D eigenvalue weighted by molar-refractivity contribution is 0.555. The molecule has 1 aromatic carbocycles. The van der Waals surface area contributed by atoms with Gasteiger partial charge in [-0.15, -0.1) is 0 Å². The summed E-state index contributed by atoms with van der Waals surface area (Å²) in [5.41, 5.74) is 8.46. The first-order chi connectivity index (χ1) is 6.36. The summed E-state index contributed by atoms with van der Waals surface area (Å²) in [7, 11) is 0. The van der Waals surface area contributed by atoms with Crippen LogP contribution in [-0.2, 0) is 0 Å². The largest absolute Gasteiger partial charge is 0.316 e. The normalized spacial score (nSPS) is 22.5. The van der Waals surface area contributed by atoms with Crippen molar-refractivity contribution in [2.24, 2.45) is 5.73 Å². The molecule has 13 heavy (non-hydrogen) atoms. The van der Waals surface area contributed by atoms with Crippen LogP contribution in [0, 0.1) is 0 Å². The number of rotatable bonds is 1. The van der Waals surface area contributed by atoms with Gasteiger partial charge in [-0.25, -0.2) is 0 Å². The number of hydrogen-bond donors (Lipinski definition) is 2. The molecule has 1 aliphatic heterocycles. The zero-order valence-electron chi connectivity index (χ0n) is 7.53. The molecule has 0 aromatic heterocycles. The van der Waals surface area contributed by atoms with E-state index in [0.717, 1.165) is 13.0 Å². The average molecular weight is 174 g/mol. The molecule has 2 heteroatoms. The van der Waals surface area contributed by atoms with Crippen LogP contribution in [0.1, 0.15) is 12.0 Å². The second-order valence-corrected chi connectivity index (χ2v) is 3.31. The quantitative estimate of drug-likeness (QED) is 0.674. The smallest absolute Gasteiger partial charge is 0.0590 e. The fraction of sp³-hybridized carbons (Fsp3) is 0.273. The fourth-order valence-electron chi connectivity index (χ4n) is 1.61. The third-order valence-corrected chi connectivity index (χ3v) is 2.31. The summed E-state index contributed by atoms with van der Waals surface area (Å²) in [5, 5.41) is 3.18. The monoisotopic (exact) mass is 174 g/mol. The molecule has 0 bridgehead atoms. The summed E-state index contributed by atoms with van der Waals surface area (Å²) in [6.07, 6.45) is 3.24. The molecular weight excluding hydrogens is 160 g/mol. The average Bonchev–Trinajstić information content (AvgIpc) is 2.19. The van der Waals surface area contributed by atoms with Crippen LogP contribution in [0.25, 0.3) is 5.57 Å². The predicted octanol–water partition coefficient (Wildman–Crippen LogP) is 1.35. The molecule has 1 heterocycles. The number of nitrogens with one attached hydrogen (secondary N) is 1. The van der Waals surface area contributed by atoms with Gasteiger partial charge in [0.15, 0.2) is 0 Å². The molecule has 2 nitrogen and oxygen atoms in total. The van der Waals surface area contributed by atoms with Gasteiger partial charge in [0.2, 0.25) is 0 Å². The second-order valence-electron chi connectivity index (χ2n) is 3.31. The first-order valence-electron chi connectivity index (χ1n) is 4.59. The lowest BCUT2D eigenvalue weighted by Gasteiger charge is -2.20. The van der Waals surface area contributed by atoms with Gasteiger partial charge in [-0.05, 0) is 11.1 Å². The highest BCUT2D eigenvalue weighted by Crippen LogP contribution is 2.20. The third-order valence-electron chi connectivity index (χ3n) is 2.31. The highest BCUT2D eigenvalue weighted by Gasteiger charge is 2.10. The maximum absolute atomic E-state index is 5.81. The van der Waals surface area contributed by atoms with Crippen molar-refractivity contribution >= 4 is 5.57 Å². The van der Waals surface area contributed by atoms with Crippen molar-refractivity contribution in [2.45, 2.75) is 12.6 Å². The van der Waals surface area contributed by atoms with Crippen molar-refractivity contribution in [3.63, 3.8) is 0 Å². The Morgan fingerprint density at radius 3 is 2.69 bits per heavy atom. The summed E-state index contributed by atoms with van der Waals surface area (Å²) < 4.78 is 0. The number of nitrogens with two attached hydrogens (primary N) is 1. The van der Waals surface area contributed by atoms with Crippen LogP contribution in [0.5, 0.6) is 0 Å². The van der Waals surface area contributed by atoms with Crippen LogP contribution in [0.4, 0.5) is 0 Å². The first kappa shape index (κ1) is 8.48. The van der Waals surface area contributed by atoms with Crippen molar-refractivity contribution in [1.29, 1.82) is 0 Å². The van der Waals surface area contributed by atoms with Crippen molar-refractivity contribution in [3.05, 3.63) is 42.0 Å². The zero-order valence-corrected chi connectivity index (χ0v) is 7.53. The summed E-state index contributed by atoms with van der Waals surface area (Å²) in [4.78, 5) is 0. The molecule has 3 N–H and O–H groups in total. The Bertz CT molecular complexity index is 303. The predicted molar refractivity (Wildman–Crippen MR) is 55.0 cm³/mol. The Labute approximate surface area is 78.5 Å². The van der Waals surface area contributed by atoms with Gasteiger partial charge < -0.3 is 5.73 Å². The summed E-state index contributed by atoms with van der Waals surface area (Å²) >= 11 is 0. The van der Waals surface area contributed by atoms with E-state index >= 15 is 0 Å². The Morgan fingerprint density at radius 2 is 2.00 bits per heavy atom. The highest BCUT2D eigenvalue weighted by molar-refractivity contribution is 5.66. The molecular formula is C11H14N2. The van der Waals surface area contributed by atoms with Crippen LogP contribution in [0.2, 0.25) is 0 Å². The highest BCUT2D eigenvalue weighted by atomic mass is 15.0. The SMILES string of the molecule is NC1CC(c2ccccc2)=CCN1. The number of hydrogen-bond acceptors (Lipinski definition) is 2. The van der Waals surface area contributed by atoms with Crippen molar-refractivity contribution in [3.8, 4) is 0 Å². The molecule has 0 fully saturated rings. The van der Waals surface area contributed by atoms with Gasteiger partial charge >= 0.3 is 0 Å². The van der Waals surface area contributed by atoms with Crippen molar-refractivity contribution in [1.82, 2.24) is 5.32 Å². The van der Waals surface area contributed by atoms with E-state index in [1.165, 1.54) is 11.1 Å². The minimum atomic E-state index is 0.111. The molecule has 1 aromatic rings. The van der Waals surface area contributed by atoms with Crippen molar-refractivity contribution in [2.75, 3.05) is 6.54 Å². The third kappa shape index (κ3) is 1.97. The molecule has 68 valence electrons. The van der Waals surface area contributed by atoms with Gasteiger partial charge in [0, 0.05) is 13.0 Å². The minimum absolute atomic E-state index is 0.111. The second kappa shape index (κ2) is 3.73. The van der Waals surface area contributed by atoms with Gasteiger partial charge in [0.05, 0.1) is 6.17 Å². The van der Waals surface area contributed by atoms with Crippen LogP contribution in [0.3, 0.4) is 0 Å². The lowest BCUT2D eigenvalue weighted by atomic mass is 9.99. The molecule has 0 saturated heterocycles. The Balaban J connectivity index is 2.22. The van der Waals surface area contributed by atoms with E-state index in [1.54, 1.807) is 0 Å². The molecule has 0 radical (unpaired) electrons. The van der Waals surface area contributed by atoms with Crippen LogP contribution in [0.15, 0.2) is 36.4 Å². The summed E-state index contributed by atoms with van der Waals surface area (Å²) in [5.74, 6) is 0. The van der Waals surface area contributed by atoms with E-state index in [0.29, 0.717) is 0 Å². The van der Waals surface area contributed by atoms with Gasteiger partial charge in [0.1, 0.15) is 0 Å². The topological polar surface area (TPSA) is 38.0 Å². The Hall–Kier alpha value is -1.12. The molecule has 0 amide bonds. The molecule has 1 aliphatic rings. The van der Waals surface area contributed by atoms with Crippen molar-refractivity contribution < 1.29 is 0 Å². The van der Waals surface area contributed by atoms with Crippen LogP contribution in [-0.4, -0.2) is 12.7 Å². The Morgan fingerprint density at radius 1 is 1.23 bits per heavy atom. The summed E-state index contributed by atoms with van der Waals surface area (Å²) in [6, 6.07) is 10.4. The zero-order chi connectivity index (χ0) is 9.10. The van der Waals surface area contributed by atoms with Gasteiger partial charge in [-0.2, -0.15) is 0 Å². The minimum Gasteiger partial charge on any atom is -0.316 e. The molecule has 1 unspecified atom stereocenters. The lowest BCUT2D eigenvalue weighted by Crippen LogP contribution is -2.40. The maximum atomic E-state index is 5.81. The van der Waals surface area contributed by atoms with E-state index in [2.05, 4.69) is 35.7 Å². The van der Waals surface area contributed by atoms with Gasteiger partial charge in [-0.1, -0.05) is 36.4 Å². The molecule has 0 spiro atoms. The van der Waals surface area contributed by atoms with E-state index in [-0.39, 0.29) is 6.17 Å². The van der Waals surface area contributed by atoms with Crippen LogP contribution < -0.4 is 11.1 Å². The Kier molecular flexibility index (Phi) is 2.43. The maximum Gasteiger partial charge on any atom is 0.0590 e. The van der Waals surface area contributed by atoms with E-state index < -0.39 is 0 Å². The fourth-order valence-corrected chi connectivity index (χ4v) is 1.61. The number of benzene rings is 1. The molecule has 1 atom stereocenters. The standard InChI is InChI=1S/C11H14N2/c12-11-8-10(6-7-13-11)9-4-2-1-3-5-9/h1-6,11,13H,7-8,12H2. The van der Waals surface area contributed by atoms with Crippen LogP contribution >= 0.6 is 0 Å². The molecule has 0 aliphatic carbocycles. The van der Waals surface area contributed by atoms with E-state index in [9.17, 15) is 0 Å². The van der Waals surface area contributed by atoms with Gasteiger partial charge in [-0.3, -0.25) is 5.32 Å². The van der Waals surface area contributed by atoms with E-state index in [4.69, 9.17) is 5.73 Å². The molecule has 2 rings (SSSR count). The first-order valence-corrected chi connectivity index (χ1v) is 4.59. The summed E-state index contributed by atoms with van der Waals surface area (Å²) in [6.45, 7) is 0.880. The van der Waals surface area contributed by atoms with Gasteiger partial charge in [0.25, 0.3) is 0 Å². The molecule has 0 saturated carbocycles.